The zero-order valence-electron chi connectivity index (χ0n) is 17.9. The minimum atomic E-state index is 0.102. The van der Waals surface area contributed by atoms with E-state index in [-0.39, 0.29) is 5.41 Å². The van der Waals surface area contributed by atoms with Crippen molar-refractivity contribution in [3.63, 3.8) is 0 Å². The smallest absolute Gasteiger partial charge is 0.193 e. The molecule has 1 aliphatic rings. The lowest BCUT2D eigenvalue weighted by Gasteiger charge is -2.32. The van der Waals surface area contributed by atoms with E-state index in [1.807, 2.05) is 17.9 Å². The highest BCUT2D eigenvalue weighted by atomic mass is 15.3. The Morgan fingerprint density at radius 2 is 1.96 bits per heavy atom. The molecule has 3 rings (SSSR count). The summed E-state index contributed by atoms with van der Waals surface area (Å²) in [6.07, 6.45) is 7.49. The summed E-state index contributed by atoms with van der Waals surface area (Å²) in [5, 5.41) is 7.87. The lowest BCUT2D eigenvalue weighted by molar-refractivity contribution is 0.401. The molecule has 0 amide bonds. The number of guanidine groups is 1. The molecule has 1 atom stereocenters. The van der Waals surface area contributed by atoms with Crippen LogP contribution in [0.4, 0.5) is 0 Å². The summed E-state index contributed by atoms with van der Waals surface area (Å²) in [5.41, 5.74) is 2.83. The van der Waals surface area contributed by atoms with Crippen molar-refractivity contribution >= 4 is 5.96 Å². The summed E-state index contributed by atoms with van der Waals surface area (Å²) in [6.45, 7) is 10.5. The van der Waals surface area contributed by atoms with Gasteiger partial charge in [-0.25, -0.2) is 0 Å². The quantitative estimate of drug-likeness (QED) is 0.584. The number of likely N-dealkylation sites (tertiary alicyclic amines) is 1. The summed E-state index contributed by atoms with van der Waals surface area (Å²) >= 11 is 0. The second-order valence-corrected chi connectivity index (χ2v) is 7.90. The Bertz CT molecular complexity index is 760. The van der Waals surface area contributed by atoms with Crippen molar-refractivity contribution in [1.29, 1.82) is 0 Å². The van der Waals surface area contributed by atoms with E-state index in [0.717, 1.165) is 51.4 Å². The molecule has 0 bridgehead atoms. The van der Waals surface area contributed by atoms with E-state index >= 15 is 0 Å². The SMILES string of the molecule is CCNC(=NCC(CC)(CC)c1ccccc1)N1CCC(c2cnn(C)c2)C1. The van der Waals surface area contributed by atoms with Crippen molar-refractivity contribution in [3.05, 3.63) is 53.9 Å². The predicted molar refractivity (Wildman–Crippen MR) is 117 cm³/mol. The molecule has 5 nitrogen and oxygen atoms in total. The van der Waals surface area contributed by atoms with Gasteiger partial charge in [0.25, 0.3) is 0 Å². The van der Waals surface area contributed by atoms with Crippen LogP contribution < -0.4 is 5.32 Å². The van der Waals surface area contributed by atoms with Gasteiger partial charge in [0.05, 0.1) is 12.7 Å². The molecule has 0 saturated carbocycles. The average molecular weight is 382 g/mol. The highest BCUT2D eigenvalue weighted by Gasteiger charge is 2.30. The van der Waals surface area contributed by atoms with Gasteiger partial charge < -0.3 is 10.2 Å². The van der Waals surface area contributed by atoms with Gasteiger partial charge in [-0.3, -0.25) is 9.67 Å². The molecule has 1 unspecified atom stereocenters. The zero-order valence-corrected chi connectivity index (χ0v) is 17.9. The highest BCUT2D eigenvalue weighted by molar-refractivity contribution is 5.80. The molecule has 1 fully saturated rings. The first kappa shape index (κ1) is 20.4. The number of aromatic nitrogens is 2. The molecule has 5 heteroatoms. The van der Waals surface area contributed by atoms with Gasteiger partial charge in [0.15, 0.2) is 5.96 Å². The Balaban J connectivity index is 1.76. The number of rotatable bonds is 7. The molecule has 1 N–H and O–H groups in total. The summed E-state index contributed by atoms with van der Waals surface area (Å²) < 4.78 is 1.90. The van der Waals surface area contributed by atoms with Gasteiger partial charge in [0.2, 0.25) is 0 Å². The summed E-state index contributed by atoms with van der Waals surface area (Å²) in [5.74, 6) is 1.59. The van der Waals surface area contributed by atoms with Crippen molar-refractivity contribution in [3.8, 4) is 0 Å². The molecule has 0 spiro atoms. The first-order valence-corrected chi connectivity index (χ1v) is 10.7. The molecule has 1 aromatic heterocycles. The largest absolute Gasteiger partial charge is 0.357 e. The maximum Gasteiger partial charge on any atom is 0.193 e. The molecule has 0 aliphatic carbocycles. The number of hydrogen-bond acceptors (Lipinski definition) is 2. The molecule has 28 heavy (non-hydrogen) atoms. The molecule has 1 aliphatic heterocycles. The third kappa shape index (κ3) is 4.40. The molecule has 152 valence electrons. The van der Waals surface area contributed by atoms with Crippen molar-refractivity contribution in [2.24, 2.45) is 12.0 Å². The summed E-state index contributed by atoms with van der Waals surface area (Å²) in [7, 11) is 1.99. The molecular weight excluding hydrogens is 346 g/mol. The zero-order chi connectivity index (χ0) is 20.0. The van der Waals surface area contributed by atoms with Gasteiger partial charge in [-0.05, 0) is 37.3 Å². The number of aliphatic imine (C=N–C) groups is 1. The van der Waals surface area contributed by atoms with Crippen LogP contribution in [0.1, 0.15) is 57.1 Å². The van der Waals surface area contributed by atoms with Crippen LogP contribution in [0.5, 0.6) is 0 Å². The van der Waals surface area contributed by atoms with E-state index < -0.39 is 0 Å². The lowest BCUT2D eigenvalue weighted by atomic mass is 9.76. The first-order valence-electron chi connectivity index (χ1n) is 10.7. The Morgan fingerprint density at radius 1 is 1.21 bits per heavy atom. The number of benzene rings is 1. The second-order valence-electron chi connectivity index (χ2n) is 7.90. The van der Waals surface area contributed by atoms with Crippen molar-refractivity contribution < 1.29 is 0 Å². The van der Waals surface area contributed by atoms with Gasteiger partial charge in [-0.2, -0.15) is 5.10 Å². The van der Waals surface area contributed by atoms with E-state index in [1.165, 1.54) is 11.1 Å². The van der Waals surface area contributed by atoms with Crippen LogP contribution >= 0.6 is 0 Å². The molecule has 2 heterocycles. The van der Waals surface area contributed by atoms with Gasteiger partial charge in [-0.1, -0.05) is 44.2 Å². The van der Waals surface area contributed by atoms with Crippen LogP contribution in [-0.4, -0.2) is 46.8 Å². The normalized spacial score (nSPS) is 17.9. The first-order chi connectivity index (χ1) is 13.6. The van der Waals surface area contributed by atoms with Crippen LogP contribution in [0.2, 0.25) is 0 Å². The van der Waals surface area contributed by atoms with E-state index in [4.69, 9.17) is 4.99 Å². The van der Waals surface area contributed by atoms with Gasteiger partial charge in [-0.15, -0.1) is 0 Å². The van der Waals surface area contributed by atoms with E-state index in [2.05, 4.69) is 72.6 Å². The van der Waals surface area contributed by atoms with Crippen LogP contribution in [0.25, 0.3) is 0 Å². The van der Waals surface area contributed by atoms with Crippen LogP contribution in [0.3, 0.4) is 0 Å². The minimum absolute atomic E-state index is 0.102. The van der Waals surface area contributed by atoms with Crippen molar-refractivity contribution in [2.75, 3.05) is 26.2 Å². The lowest BCUT2D eigenvalue weighted by Crippen LogP contribution is -2.41. The van der Waals surface area contributed by atoms with E-state index in [1.54, 1.807) is 0 Å². The van der Waals surface area contributed by atoms with Gasteiger partial charge >= 0.3 is 0 Å². The summed E-state index contributed by atoms with van der Waals surface area (Å²) in [4.78, 5) is 7.55. The monoisotopic (exact) mass is 381 g/mol. The number of hydrogen-bond donors (Lipinski definition) is 1. The fraction of sp³-hybridized carbons (Fsp3) is 0.565. The Labute approximate surface area is 169 Å². The molecule has 1 saturated heterocycles. The Morgan fingerprint density at radius 3 is 2.57 bits per heavy atom. The van der Waals surface area contributed by atoms with Crippen LogP contribution in [0, 0.1) is 0 Å². The molecule has 0 radical (unpaired) electrons. The topological polar surface area (TPSA) is 45.5 Å². The van der Waals surface area contributed by atoms with Crippen LogP contribution in [-0.2, 0) is 12.5 Å². The van der Waals surface area contributed by atoms with Gasteiger partial charge in [0.1, 0.15) is 0 Å². The fourth-order valence-electron chi connectivity index (χ4n) is 4.29. The van der Waals surface area contributed by atoms with Crippen molar-refractivity contribution in [2.45, 2.75) is 51.4 Å². The highest BCUT2D eigenvalue weighted by Crippen LogP contribution is 2.32. The third-order valence-electron chi connectivity index (χ3n) is 6.29. The van der Waals surface area contributed by atoms with Gasteiger partial charge in [0, 0.05) is 44.2 Å². The van der Waals surface area contributed by atoms with Crippen LogP contribution in [0.15, 0.2) is 47.7 Å². The molecular formula is C23H35N5. The number of nitrogens with zero attached hydrogens (tertiary/aromatic N) is 4. The Hall–Kier alpha value is -2.30. The Kier molecular flexibility index (Phi) is 6.76. The van der Waals surface area contributed by atoms with Crippen molar-refractivity contribution in [1.82, 2.24) is 20.0 Å². The fourth-order valence-corrected chi connectivity index (χ4v) is 4.29. The average Bonchev–Trinajstić information content (AvgIpc) is 3.38. The third-order valence-corrected chi connectivity index (χ3v) is 6.29. The van der Waals surface area contributed by atoms with E-state index in [9.17, 15) is 0 Å². The minimum Gasteiger partial charge on any atom is -0.357 e. The maximum absolute atomic E-state index is 5.13. The number of aryl methyl sites for hydroxylation is 1. The second kappa shape index (κ2) is 9.26. The maximum atomic E-state index is 5.13. The summed E-state index contributed by atoms with van der Waals surface area (Å²) in [6, 6.07) is 10.9. The van der Waals surface area contributed by atoms with E-state index in [0.29, 0.717) is 5.92 Å². The molecule has 2 aromatic rings. The predicted octanol–water partition coefficient (Wildman–Crippen LogP) is 3.93. The molecule has 1 aromatic carbocycles. The number of nitrogens with one attached hydrogen (secondary N) is 1. The standard InChI is InChI=1S/C23H35N5/c1-5-23(6-2,21-11-9-8-10-12-21)18-25-22(24-7-3)28-14-13-19(17-28)20-15-26-27(4)16-20/h8-12,15-16,19H,5-7,13-14,17-18H2,1-4H3,(H,24,25).